The van der Waals surface area contributed by atoms with Crippen molar-refractivity contribution < 1.29 is 14.2 Å². The molecule has 4 heteroatoms. The van der Waals surface area contributed by atoms with Gasteiger partial charge in [-0.25, -0.2) is 4.39 Å². The van der Waals surface area contributed by atoms with Gasteiger partial charge < -0.3 is 9.84 Å². The molecule has 0 bridgehead atoms. The van der Waals surface area contributed by atoms with E-state index in [0.717, 1.165) is 0 Å². The lowest BCUT2D eigenvalue weighted by Crippen LogP contribution is -2.27. The molecule has 1 aromatic carbocycles. The normalized spacial score (nSPS) is 15.2. The molecule has 0 aliphatic heterocycles. The molecule has 0 heterocycles. The van der Waals surface area contributed by atoms with E-state index < -0.39 is 11.4 Å². The van der Waals surface area contributed by atoms with Gasteiger partial charge in [0.25, 0.3) is 0 Å². The Hall–Kier alpha value is -0.640. The van der Waals surface area contributed by atoms with Crippen molar-refractivity contribution in [2.45, 2.75) is 12.5 Å². The zero-order valence-electron chi connectivity index (χ0n) is 8.05. The summed E-state index contributed by atoms with van der Waals surface area (Å²) in [4.78, 5) is 0. The molecule has 0 aliphatic rings. The van der Waals surface area contributed by atoms with Gasteiger partial charge in [-0.3, -0.25) is 0 Å². The summed E-state index contributed by atoms with van der Waals surface area (Å²) in [7, 11) is 1.46. The minimum Gasteiger partial charge on any atom is -0.383 e. The topological polar surface area (TPSA) is 29.5 Å². The lowest BCUT2D eigenvalue weighted by molar-refractivity contribution is -0.0209. The van der Waals surface area contributed by atoms with Gasteiger partial charge in [0, 0.05) is 17.7 Å². The predicted molar refractivity (Wildman–Crippen MR) is 52.9 cm³/mol. The van der Waals surface area contributed by atoms with Crippen LogP contribution in [-0.4, -0.2) is 18.8 Å². The first kappa shape index (κ1) is 11.4. The number of halogens is 2. The Morgan fingerprint density at radius 2 is 2.21 bits per heavy atom. The Morgan fingerprint density at radius 3 is 2.79 bits per heavy atom. The average molecular weight is 219 g/mol. The van der Waals surface area contributed by atoms with Crippen LogP contribution in [0.2, 0.25) is 5.02 Å². The molecule has 1 aromatic rings. The molecule has 78 valence electrons. The van der Waals surface area contributed by atoms with Gasteiger partial charge in [0.2, 0.25) is 0 Å². The van der Waals surface area contributed by atoms with Crippen LogP contribution in [0.25, 0.3) is 0 Å². The first-order chi connectivity index (χ1) is 6.47. The van der Waals surface area contributed by atoms with Crippen molar-refractivity contribution in [1.29, 1.82) is 0 Å². The number of methoxy groups -OCH3 is 1. The fraction of sp³-hybridized carbons (Fsp3) is 0.400. The fourth-order valence-electron chi connectivity index (χ4n) is 1.27. The summed E-state index contributed by atoms with van der Waals surface area (Å²) < 4.78 is 17.7. The second-order valence-electron chi connectivity index (χ2n) is 3.33. The number of benzene rings is 1. The van der Waals surface area contributed by atoms with Crippen molar-refractivity contribution in [1.82, 2.24) is 0 Å². The zero-order valence-corrected chi connectivity index (χ0v) is 8.81. The van der Waals surface area contributed by atoms with Crippen molar-refractivity contribution in [3.63, 3.8) is 0 Å². The van der Waals surface area contributed by atoms with Crippen LogP contribution in [0, 0.1) is 5.82 Å². The molecule has 0 aliphatic carbocycles. The third-order valence-corrected chi connectivity index (χ3v) is 2.26. The maximum Gasteiger partial charge on any atom is 0.123 e. The van der Waals surface area contributed by atoms with Gasteiger partial charge in [-0.05, 0) is 25.1 Å². The summed E-state index contributed by atoms with van der Waals surface area (Å²) >= 11 is 5.83. The Kier molecular flexibility index (Phi) is 3.48. The van der Waals surface area contributed by atoms with Gasteiger partial charge in [-0.2, -0.15) is 0 Å². The van der Waals surface area contributed by atoms with Crippen LogP contribution in [0.3, 0.4) is 0 Å². The maximum atomic E-state index is 12.9. The summed E-state index contributed by atoms with van der Waals surface area (Å²) in [5, 5.41) is 10.2. The summed E-state index contributed by atoms with van der Waals surface area (Å²) in [6, 6.07) is 3.87. The third kappa shape index (κ3) is 2.44. The molecular formula is C10H12ClFO2. The lowest BCUT2D eigenvalue weighted by atomic mass is 9.97. The highest BCUT2D eigenvalue weighted by molar-refractivity contribution is 6.31. The SMILES string of the molecule is COCC(C)(O)c1cc(F)ccc1Cl. The largest absolute Gasteiger partial charge is 0.383 e. The van der Waals surface area contributed by atoms with Gasteiger partial charge in [0.15, 0.2) is 0 Å². The quantitative estimate of drug-likeness (QED) is 0.844. The van der Waals surface area contributed by atoms with E-state index in [4.69, 9.17) is 16.3 Å². The van der Waals surface area contributed by atoms with Crippen LogP contribution >= 0.6 is 11.6 Å². The van der Waals surface area contributed by atoms with Gasteiger partial charge in [0.1, 0.15) is 11.4 Å². The van der Waals surface area contributed by atoms with Gasteiger partial charge in [0.05, 0.1) is 6.61 Å². The minimum absolute atomic E-state index is 0.0656. The molecule has 0 aromatic heterocycles. The van der Waals surface area contributed by atoms with Crippen molar-refractivity contribution in [3.05, 3.63) is 34.6 Å². The molecule has 0 saturated heterocycles. The van der Waals surface area contributed by atoms with Crippen LogP contribution in [0.1, 0.15) is 12.5 Å². The Labute approximate surface area is 87.3 Å². The Balaban J connectivity index is 3.10. The molecule has 14 heavy (non-hydrogen) atoms. The summed E-state index contributed by atoms with van der Waals surface area (Å²) in [5.41, 5.74) is -0.936. The van der Waals surface area contributed by atoms with Gasteiger partial charge in [-0.15, -0.1) is 0 Å². The lowest BCUT2D eigenvalue weighted by Gasteiger charge is -2.23. The molecule has 1 rings (SSSR count). The van der Waals surface area contributed by atoms with E-state index in [9.17, 15) is 9.50 Å². The van der Waals surface area contributed by atoms with E-state index in [0.29, 0.717) is 10.6 Å². The van der Waals surface area contributed by atoms with Crippen molar-refractivity contribution in [2.75, 3.05) is 13.7 Å². The predicted octanol–water partition coefficient (Wildman–Crippen LogP) is 2.33. The second kappa shape index (κ2) is 4.26. The molecule has 0 radical (unpaired) electrons. The van der Waals surface area contributed by atoms with E-state index in [1.54, 1.807) is 0 Å². The molecule has 0 fully saturated rings. The van der Waals surface area contributed by atoms with E-state index in [2.05, 4.69) is 0 Å². The van der Waals surface area contributed by atoms with Crippen LogP contribution in [-0.2, 0) is 10.3 Å². The highest BCUT2D eigenvalue weighted by Crippen LogP contribution is 2.28. The number of aliphatic hydroxyl groups is 1. The maximum absolute atomic E-state index is 12.9. The highest BCUT2D eigenvalue weighted by atomic mass is 35.5. The monoisotopic (exact) mass is 218 g/mol. The van der Waals surface area contributed by atoms with Crippen LogP contribution < -0.4 is 0 Å². The van der Waals surface area contributed by atoms with Crippen molar-refractivity contribution >= 4 is 11.6 Å². The van der Waals surface area contributed by atoms with E-state index in [1.165, 1.54) is 32.2 Å². The molecule has 0 saturated carbocycles. The molecular weight excluding hydrogens is 207 g/mol. The van der Waals surface area contributed by atoms with Crippen LogP contribution in [0.15, 0.2) is 18.2 Å². The first-order valence-electron chi connectivity index (χ1n) is 4.14. The summed E-state index contributed by atoms with van der Waals surface area (Å²) in [6.45, 7) is 1.59. The molecule has 0 spiro atoms. The van der Waals surface area contributed by atoms with Crippen LogP contribution in [0.4, 0.5) is 4.39 Å². The third-order valence-electron chi connectivity index (χ3n) is 1.93. The van der Waals surface area contributed by atoms with E-state index in [-0.39, 0.29) is 6.61 Å². The first-order valence-corrected chi connectivity index (χ1v) is 4.52. The molecule has 2 nitrogen and oxygen atoms in total. The smallest absolute Gasteiger partial charge is 0.123 e. The fourth-order valence-corrected chi connectivity index (χ4v) is 1.59. The Morgan fingerprint density at radius 1 is 1.57 bits per heavy atom. The van der Waals surface area contributed by atoms with Crippen molar-refractivity contribution in [3.8, 4) is 0 Å². The van der Waals surface area contributed by atoms with Gasteiger partial charge in [-0.1, -0.05) is 11.6 Å². The Bertz CT molecular complexity index is 326. The molecule has 1 unspecified atom stereocenters. The standard InChI is InChI=1S/C10H12ClFO2/c1-10(13,6-14-2)8-5-7(12)3-4-9(8)11/h3-5,13H,6H2,1-2H3. The molecule has 1 N–H and O–H groups in total. The van der Waals surface area contributed by atoms with E-state index in [1.807, 2.05) is 0 Å². The summed E-state index contributed by atoms with van der Waals surface area (Å²) in [5.74, 6) is -0.430. The highest BCUT2D eigenvalue weighted by Gasteiger charge is 2.26. The zero-order chi connectivity index (χ0) is 10.8. The molecule has 1 atom stereocenters. The summed E-state index contributed by atoms with van der Waals surface area (Å²) in [6.07, 6.45) is 0. The van der Waals surface area contributed by atoms with Crippen molar-refractivity contribution in [2.24, 2.45) is 0 Å². The number of ether oxygens (including phenoxy) is 1. The number of rotatable bonds is 3. The number of hydrogen-bond donors (Lipinski definition) is 1. The minimum atomic E-state index is -1.27. The average Bonchev–Trinajstić information content (AvgIpc) is 2.09. The van der Waals surface area contributed by atoms with Crippen LogP contribution in [0.5, 0.6) is 0 Å². The second-order valence-corrected chi connectivity index (χ2v) is 3.74. The molecule has 0 amide bonds. The number of hydrogen-bond acceptors (Lipinski definition) is 2. The van der Waals surface area contributed by atoms with E-state index >= 15 is 0 Å². The van der Waals surface area contributed by atoms with Gasteiger partial charge >= 0.3 is 0 Å².